The van der Waals surface area contributed by atoms with Gasteiger partial charge in [-0.1, -0.05) is 0 Å². The number of nitrogens with zero attached hydrogens (tertiary/aromatic N) is 4. The van der Waals surface area contributed by atoms with E-state index in [0.717, 1.165) is 0 Å². The Morgan fingerprint density at radius 2 is 2.30 bits per heavy atom. The first kappa shape index (κ1) is 14.0. The van der Waals surface area contributed by atoms with Gasteiger partial charge >= 0.3 is 5.69 Å². The summed E-state index contributed by atoms with van der Waals surface area (Å²) in [5.74, 6) is 0.389. The third kappa shape index (κ3) is 2.92. The van der Waals surface area contributed by atoms with Crippen molar-refractivity contribution in [1.29, 1.82) is 0 Å². The minimum atomic E-state index is -0.493. The first-order valence-corrected chi connectivity index (χ1v) is 6.38. The smallest absolute Gasteiger partial charge is 0.353 e. The zero-order valence-electron chi connectivity index (χ0n) is 11.1. The Hall–Kier alpha value is -2.45. The molecule has 0 aliphatic carbocycles. The maximum Gasteiger partial charge on any atom is 0.353 e. The van der Waals surface area contributed by atoms with Crippen LogP contribution in [0.4, 0.5) is 17.3 Å². The summed E-state index contributed by atoms with van der Waals surface area (Å²) in [5, 5.41) is 16.9. The molecule has 2 rings (SSSR count). The Morgan fingerprint density at radius 1 is 1.50 bits per heavy atom. The summed E-state index contributed by atoms with van der Waals surface area (Å²) in [4.78, 5) is 31.8. The van der Waals surface area contributed by atoms with Crippen LogP contribution in [0, 0.1) is 10.1 Å². The SMILES string of the molecule is CCNc1ncnc(N2CCNC(=O)CC2)c1[N+](=O)[O-]. The van der Waals surface area contributed by atoms with Gasteiger partial charge in [0.2, 0.25) is 17.5 Å². The Kier molecular flexibility index (Phi) is 4.28. The first-order chi connectivity index (χ1) is 9.63. The lowest BCUT2D eigenvalue weighted by molar-refractivity contribution is -0.383. The molecular weight excluding hydrogens is 264 g/mol. The van der Waals surface area contributed by atoms with Crippen molar-refractivity contribution in [2.45, 2.75) is 13.3 Å². The van der Waals surface area contributed by atoms with Crippen molar-refractivity contribution < 1.29 is 9.72 Å². The summed E-state index contributed by atoms with van der Waals surface area (Å²) in [6.07, 6.45) is 1.58. The highest BCUT2D eigenvalue weighted by Crippen LogP contribution is 2.31. The topological polar surface area (TPSA) is 113 Å². The molecule has 0 unspecified atom stereocenters. The van der Waals surface area contributed by atoms with Gasteiger partial charge in [-0.15, -0.1) is 0 Å². The zero-order valence-corrected chi connectivity index (χ0v) is 11.1. The molecule has 1 aromatic heterocycles. The van der Waals surface area contributed by atoms with Crippen LogP contribution in [-0.4, -0.2) is 47.0 Å². The van der Waals surface area contributed by atoms with E-state index in [-0.39, 0.29) is 29.7 Å². The fourth-order valence-electron chi connectivity index (χ4n) is 2.04. The Morgan fingerprint density at radius 3 is 3.00 bits per heavy atom. The minimum Gasteiger partial charge on any atom is -0.364 e. The Bertz CT molecular complexity index is 521. The average Bonchev–Trinajstić information content (AvgIpc) is 2.63. The Balaban J connectivity index is 2.36. The number of rotatable bonds is 4. The van der Waals surface area contributed by atoms with Crippen molar-refractivity contribution in [2.24, 2.45) is 0 Å². The third-order valence-corrected chi connectivity index (χ3v) is 2.94. The maximum atomic E-state index is 11.3. The van der Waals surface area contributed by atoms with E-state index in [1.54, 1.807) is 4.90 Å². The largest absolute Gasteiger partial charge is 0.364 e. The molecular formula is C11H16N6O3. The number of amides is 1. The molecule has 2 N–H and O–H groups in total. The fraction of sp³-hybridized carbons (Fsp3) is 0.545. The van der Waals surface area contributed by atoms with E-state index in [1.807, 2.05) is 6.92 Å². The van der Waals surface area contributed by atoms with Gasteiger partial charge in [0.15, 0.2) is 0 Å². The average molecular weight is 280 g/mol. The number of carbonyl (C=O) groups is 1. The normalized spacial score (nSPS) is 15.4. The quantitative estimate of drug-likeness (QED) is 0.595. The van der Waals surface area contributed by atoms with Gasteiger partial charge in [0.25, 0.3) is 0 Å². The second kappa shape index (κ2) is 6.13. The summed E-state index contributed by atoms with van der Waals surface area (Å²) in [6.45, 7) is 3.68. The van der Waals surface area contributed by atoms with Crippen LogP contribution >= 0.6 is 0 Å². The van der Waals surface area contributed by atoms with Crippen LogP contribution in [0.3, 0.4) is 0 Å². The molecule has 1 saturated heterocycles. The van der Waals surface area contributed by atoms with Crippen LogP contribution < -0.4 is 15.5 Å². The zero-order chi connectivity index (χ0) is 14.5. The van der Waals surface area contributed by atoms with Crippen molar-refractivity contribution >= 4 is 23.2 Å². The van der Waals surface area contributed by atoms with Crippen LogP contribution in [0.15, 0.2) is 6.33 Å². The lowest BCUT2D eigenvalue weighted by Gasteiger charge is -2.20. The van der Waals surface area contributed by atoms with Crippen molar-refractivity contribution in [1.82, 2.24) is 15.3 Å². The van der Waals surface area contributed by atoms with Crippen molar-refractivity contribution in [3.05, 3.63) is 16.4 Å². The summed E-state index contributed by atoms with van der Waals surface area (Å²) >= 11 is 0. The maximum absolute atomic E-state index is 11.3. The van der Waals surface area contributed by atoms with Crippen LogP contribution in [0.1, 0.15) is 13.3 Å². The highest BCUT2D eigenvalue weighted by atomic mass is 16.6. The number of nitrogens with one attached hydrogen (secondary N) is 2. The lowest BCUT2D eigenvalue weighted by Crippen LogP contribution is -2.29. The van der Waals surface area contributed by atoms with Gasteiger partial charge in [-0.25, -0.2) is 9.97 Å². The van der Waals surface area contributed by atoms with E-state index in [4.69, 9.17) is 0 Å². The molecule has 0 radical (unpaired) electrons. The molecule has 20 heavy (non-hydrogen) atoms. The molecule has 1 aromatic rings. The number of carbonyl (C=O) groups excluding carboxylic acids is 1. The summed E-state index contributed by atoms with van der Waals surface area (Å²) < 4.78 is 0. The molecule has 0 bridgehead atoms. The van der Waals surface area contributed by atoms with Crippen LogP contribution in [0.5, 0.6) is 0 Å². The standard InChI is InChI=1S/C11H16N6O3/c1-2-12-10-9(17(19)20)11(15-7-14-10)16-5-3-8(18)13-4-6-16/h7H,2-6H2,1H3,(H,13,18)(H,12,14,15). The van der Waals surface area contributed by atoms with Gasteiger partial charge in [-0.3, -0.25) is 14.9 Å². The van der Waals surface area contributed by atoms with Crippen LogP contribution in [0.25, 0.3) is 0 Å². The predicted molar refractivity (Wildman–Crippen MR) is 72.7 cm³/mol. The Labute approximate surface area is 115 Å². The van der Waals surface area contributed by atoms with E-state index >= 15 is 0 Å². The minimum absolute atomic E-state index is 0.0592. The van der Waals surface area contributed by atoms with E-state index in [1.165, 1.54) is 6.33 Å². The highest BCUT2D eigenvalue weighted by molar-refractivity contribution is 5.78. The second-order valence-electron chi connectivity index (χ2n) is 4.27. The third-order valence-electron chi connectivity index (χ3n) is 2.94. The van der Waals surface area contributed by atoms with Crippen molar-refractivity contribution in [3.8, 4) is 0 Å². The molecule has 0 atom stereocenters. The molecule has 108 valence electrons. The van der Waals surface area contributed by atoms with Crippen LogP contribution in [-0.2, 0) is 4.79 Å². The van der Waals surface area contributed by atoms with Crippen molar-refractivity contribution in [2.75, 3.05) is 36.4 Å². The predicted octanol–water partition coefficient (Wildman–Crippen LogP) is 0.143. The van der Waals surface area contributed by atoms with E-state index in [9.17, 15) is 14.9 Å². The summed E-state index contributed by atoms with van der Waals surface area (Å²) in [6, 6.07) is 0. The molecule has 1 aliphatic heterocycles. The molecule has 1 fully saturated rings. The van der Waals surface area contributed by atoms with E-state index < -0.39 is 4.92 Å². The van der Waals surface area contributed by atoms with Gasteiger partial charge in [-0.05, 0) is 6.92 Å². The number of anilines is 2. The summed E-state index contributed by atoms with van der Waals surface area (Å²) in [5.41, 5.74) is -0.149. The summed E-state index contributed by atoms with van der Waals surface area (Å²) in [7, 11) is 0. The lowest BCUT2D eigenvalue weighted by atomic mass is 10.3. The molecule has 9 nitrogen and oxygen atoms in total. The number of nitro groups is 1. The molecule has 2 heterocycles. The number of hydrogen-bond acceptors (Lipinski definition) is 7. The molecule has 0 saturated carbocycles. The van der Waals surface area contributed by atoms with Crippen LogP contribution in [0.2, 0.25) is 0 Å². The van der Waals surface area contributed by atoms with Gasteiger partial charge in [-0.2, -0.15) is 0 Å². The first-order valence-electron chi connectivity index (χ1n) is 6.38. The monoisotopic (exact) mass is 280 g/mol. The van der Waals surface area contributed by atoms with E-state index in [2.05, 4.69) is 20.6 Å². The van der Waals surface area contributed by atoms with Gasteiger partial charge in [0.1, 0.15) is 6.33 Å². The molecule has 9 heteroatoms. The number of aromatic nitrogens is 2. The molecule has 0 aromatic carbocycles. The van der Waals surface area contributed by atoms with Gasteiger partial charge in [0, 0.05) is 32.6 Å². The second-order valence-corrected chi connectivity index (χ2v) is 4.27. The molecule has 1 aliphatic rings. The molecule has 0 spiro atoms. The van der Waals surface area contributed by atoms with Crippen molar-refractivity contribution in [3.63, 3.8) is 0 Å². The number of hydrogen-bond donors (Lipinski definition) is 2. The van der Waals surface area contributed by atoms with Gasteiger partial charge in [0.05, 0.1) is 4.92 Å². The highest BCUT2D eigenvalue weighted by Gasteiger charge is 2.27. The van der Waals surface area contributed by atoms with E-state index in [0.29, 0.717) is 26.2 Å². The fourth-order valence-corrected chi connectivity index (χ4v) is 2.04. The van der Waals surface area contributed by atoms with Gasteiger partial charge < -0.3 is 15.5 Å². The molecule has 1 amide bonds.